The van der Waals surface area contributed by atoms with Crippen LogP contribution in [0.25, 0.3) is 17.2 Å². The van der Waals surface area contributed by atoms with Crippen LogP contribution in [0.5, 0.6) is 5.75 Å². The number of anilines is 1. The molecule has 2 heterocycles. The highest BCUT2D eigenvalue weighted by atomic mass is 32.2. The maximum atomic E-state index is 13.4. The first-order valence-electron chi connectivity index (χ1n) is 11.9. The van der Waals surface area contributed by atoms with E-state index >= 15 is 0 Å². The minimum atomic E-state index is -5.03. The van der Waals surface area contributed by atoms with Crippen LogP contribution in [-0.2, 0) is 21.9 Å². The van der Waals surface area contributed by atoms with Gasteiger partial charge < -0.3 is 15.2 Å². The van der Waals surface area contributed by atoms with Crippen molar-refractivity contribution in [3.63, 3.8) is 0 Å². The van der Waals surface area contributed by atoms with Gasteiger partial charge in [0.2, 0.25) is 5.91 Å². The van der Waals surface area contributed by atoms with E-state index in [1.807, 2.05) is 0 Å². The number of thiocarbonyl (C=S) groups is 1. The quantitative estimate of drug-likeness (QED) is 0.148. The third-order valence-corrected chi connectivity index (χ3v) is 8.28. The van der Waals surface area contributed by atoms with Crippen molar-refractivity contribution < 1.29 is 50.6 Å². The summed E-state index contributed by atoms with van der Waals surface area (Å²) in [5.74, 6) is -2.17. The van der Waals surface area contributed by atoms with Crippen LogP contribution in [0.4, 0.5) is 32.0 Å². The Bertz CT molecular complexity index is 1600. The fourth-order valence-corrected chi connectivity index (χ4v) is 6.27. The molecule has 1 saturated heterocycles. The number of carboxylic acids is 1. The van der Waals surface area contributed by atoms with E-state index in [-0.39, 0.29) is 55.6 Å². The molecule has 0 radical (unpaired) electrons. The smallest absolute Gasteiger partial charge is 0.416 e. The summed E-state index contributed by atoms with van der Waals surface area (Å²) in [5, 5.41) is 12.9. The van der Waals surface area contributed by atoms with Crippen molar-refractivity contribution in [1.29, 1.82) is 0 Å². The molecular formula is C27H18F6N2O5S3. The van der Waals surface area contributed by atoms with Crippen LogP contribution in [0.1, 0.15) is 32.8 Å². The normalized spacial score (nSPS) is 14.9. The molecular weight excluding hydrogens is 642 g/mol. The summed E-state index contributed by atoms with van der Waals surface area (Å²) in [4.78, 5) is 37.9. The topological polar surface area (TPSA) is 95.9 Å². The van der Waals surface area contributed by atoms with Crippen molar-refractivity contribution in [1.82, 2.24) is 4.90 Å². The van der Waals surface area contributed by atoms with Gasteiger partial charge in [-0.2, -0.15) is 26.3 Å². The van der Waals surface area contributed by atoms with Gasteiger partial charge in [0.15, 0.2) is 0 Å². The summed E-state index contributed by atoms with van der Waals surface area (Å²) in [6, 6.07) is 6.67. The average molecular weight is 661 g/mol. The minimum Gasteiger partial charge on any atom is -0.495 e. The van der Waals surface area contributed by atoms with Gasteiger partial charge in [-0.25, -0.2) is 4.79 Å². The summed E-state index contributed by atoms with van der Waals surface area (Å²) < 4.78 is 85.8. The molecule has 0 bridgehead atoms. The van der Waals surface area contributed by atoms with E-state index in [1.165, 1.54) is 47.7 Å². The first-order chi connectivity index (χ1) is 20.1. The number of carboxylic acid groups (broad SMARTS) is 1. The Morgan fingerprint density at radius 3 is 2.19 bits per heavy atom. The molecule has 0 saturated carbocycles. The average Bonchev–Trinajstić information content (AvgIpc) is 3.45. The van der Waals surface area contributed by atoms with Gasteiger partial charge in [-0.05, 0) is 54.1 Å². The van der Waals surface area contributed by atoms with Gasteiger partial charge in [-0.3, -0.25) is 14.5 Å². The summed E-state index contributed by atoms with van der Waals surface area (Å²) in [5.41, 5.74) is -2.96. The zero-order chi connectivity index (χ0) is 31.7. The molecule has 0 spiro atoms. The number of amides is 2. The lowest BCUT2D eigenvalue weighted by Gasteiger charge is -2.14. The number of thiophene rings is 1. The number of nitrogens with one attached hydrogen (secondary N) is 1. The van der Waals surface area contributed by atoms with Crippen LogP contribution in [0.3, 0.4) is 0 Å². The van der Waals surface area contributed by atoms with Crippen LogP contribution < -0.4 is 10.1 Å². The molecule has 2 amide bonds. The molecule has 1 aliphatic rings. The summed E-state index contributed by atoms with van der Waals surface area (Å²) >= 11 is 7.12. The van der Waals surface area contributed by atoms with Gasteiger partial charge in [-0.1, -0.05) is 24.0 Å². The monoisotopic (exact) mass is 660 g/mol. The molecule has 16 heteroatoms. The van der Waals surface area contributed by atoms with Gasteiger partial charge in [0.05, 0.1) is 33.6 Å². The van der Waals surface area contributed by atoms with E-state index in [0.29, 0.717) is 17.8 Å². The van der Waals surface area contributed by atoms with Crippen molar-refractivity contribution in [2.24, 2.45) is 0 Å². The fraction of sp³-hybridized carbons (Fsp3) is 0.185. The number of aromatic carboxylic acids is 1. The number of ether oxygens (including phenoxy) is 1. The number of nitrogens with zero attached hydrogens (tertiary/aromatic N) is 1. The maximum Gasteiger partial charge on any atom is 0.416 e. The highest BCUT2D eigenvalue weighted by Gasteiger charge is 2.38. The van der Waals surface area contributed by atoms with Gasteiger partial charge in [-0.15, -0.1) is 11.3 Å². The Morgan fingerprint density at radius 1 is 1.05 bits per heavy atom. The molecule has 2 aromatic carbocycles. The van der Waals surface area contributed by atoms with Crippen molar-refractivity contribution in [2.45, 2.75) is 18.8 Å². The largest absolute Gasteiger partial charge is 0.495 e. The first kappa shape index (κ1) is 32.0. The highest BCUT2D eigenvalue weighted by molar-refractivity contribution is 8.26. The Hall–Kier alpha value is -3.89. The molecule has 0 aliphatic carbocycles. The lowest BCUT2D eigenvalue weighted by molar-refractivity contribution is -0.143. The van der Waals surface area contributed by atoms with E-state index in [0.717, 1.165) is 23.1 Å². The Balaban J connectivity index is 1.52. The summed E-state index contributed by atoms with van der Waals surface area (Å²) in [6.45, 7) is -0.0850. The molecule has 43 heavy (non-hydrogen) atoms. The lowest BCUT2D eigenvalue weighted by Crippen LogP contribution is -2.31. The van der Waals surface area contributed by atoms with Crippen molar-refractivity contribution in [3.05, 3.63) is 74.3 Å². The number of hydrogen-bond donors (Lipinski definition) is 2. The number of hydrogen-bond acceptors (Lipinski definition) is 7. The SMILES string of the molecule is COc1c(-c2cc(C(F)(F)F)cc(C(F)(F)F)c2)csc1C=C1SC(=S)N(CCC(=O)Nc2ccc(C(=O)O)cc2)C1=O. The van der Waals surface area contributed by atoms with Crippen LogP contribution in [-0.4, -0.2) is 45.8 Å². The molecule has 1 aromatic heterocycles. The standard InChI is InChI=1S/C27H18F6N2O5S3/c1-40-22-18(14-8-15(26(28,29)30)10-16(9-14)27(31,32)33)12-42-19(22)11-20-23(37)35(25(41)43-20)7-6-21(36)34-17-4-2-13(3-5-17)24(38)39/h2-5,8-12H,6-7H2,1H3,(H,34,36)(H,38,39). The van der Waals surface area contributed by atoms with E-state index in [9.17, 15) is 40.7 Å². The highest BCUT2D eigenvalue weighted by Crippen LogP contribution is 2.45. The summed E-state index contributed by atoms with van der Waals surface area (Å²) in [6.07, 6.45) is -8.84. The van der Waals surface area contributed by atoms with Crippen LogP contribution >= 0.6 is 35.3 Å². The van der Waals surface area contributed by atoms with Gasteiger partial charge in [0, 0.05) is 29.6 Å². The number of carbonyl (C=O) groups excluding carboxylic acids is 2. The number of thioether (sulfide) groups is 1. The van der Waals surface area contributed by atoms with E-state index < -0.39 is 41.3 Å². The second-order valence-corrected chi connectivity index (χ2v) is 11.4. The number of carbonyl (C=O) groups is 3. The van der Waals surface area contributed by atoms with Gasteiger partial charge in [0.25, 0.3) is 5.91 Å². The molecule has 7 nitrogen and oxygen atoms in total. The second kappa shape index (κ2) is 12.4. The van der Waals surface area contributed by atoms with Crippen LogP contribution in [0.15, 0.2) is 52.7 Å². The third kappa shape index (κ3) is 7.37. The fourth-order valence-electron chi connectivity index (χ4n) is 3.93. The Labute approximate surface area is 253 Å². The molecule has 4 rings (SSSR count). The van der Waals surface area contributed by atoms with Crippen molar-refractivity contribution in [3.8, 4) is 16.9 Å². The molecule has 1 fully saturated rings. The Morgan fingerprint density at radius 2 is 1.65 bits per heavy atom. The lowest BCUT2D eigenvalue weighted by atomic mass is 10.00. The van der Waals surface area contributed by atoms with Gasteiger partial charge >= 0.3 is 18.3 Å². The molecule has 0 unspecified atom stereocenters. The number of halogens is 6. The molecule has 1 aliphatic heterocycles. The van der Waals surface area contributed by atoms with E-state index in [2.05, 4.69) is 5.32 Å². The predicted octanol–water partition coefficient (Wildman–Crippen LogP) is 7.39. The first-order valence-corrected chi connectivity index (χ1v) is 14.0. The Kier molecular flexibility index (Phi) is 9.22. The zero-order valence-electron chi connectivity index (χ0n) is 21.6. The molecule has 226 valence electrons. The zero-order valence-corrected chi connectivity index (χ0v) is 24.1. The predicted molar refractivity (Wildman–Crippen MR) is 153 cm³/mol. The second-order valence-electron chi connectivity index (χ2n) is 8.86. The minimum absolute atomic E-state index is 0.0288. The third-order valence-electron chi connectivity index (χ3n) is 5.99. The summed E-state index contributed by atoms with van der Waals surface area (Å²) in [7, 11) is 1.19. The maximum absolute atomic E-state index is 13.4. The van der Waals surface area contributed by atoms with Crippen LogP contribution in [0, 0.1) is 0 Å². The van der Waals surface area contributed by atoms with Crippen molar-refractivity contribution in [2.75, 3.05) is 19.0 Å². The van der Waals surface area contributed by atoms with E-state index in [4.69, 9.17) is 22.1 Å². The van der Waals surface area contributed by atoms with Crippen LogP contribution in [0.2, 0.25) is 0 Å². The molecule has 3 aromatic rings. The molecule has 0 atom stereocenters. The van der Waals surface area contributed by atoms with E-state index in [1.54, 1.807) is 0 Å². The van der Waals surface area contributed by atoms with Gasteiger partial charge in [0.1, 0.15) is 10.1 Å². The number of benzene rings is 2. The number of methoxy groups -OCH3 is 1. The number of alkyl halides is 6. The van der Waals surface area contributed by atoms with Crippen molar-refractivity contribution >= 4 is 69.2 Å². The number of rotatable bonds is 8. The molecule has 2 N–H and O–H groups in total.